The molecule has 0 saturated carbocycles. The number of likely N-dealkylation sites (tertiary alicyclic amines) is 1. The van der Waals surface area contributed by atoms with Crippen molar-refractivity contribution in [3.05, 3.63) is 59.7 Å². The van der Waals surface area contributed by atoms with E-state index < -0.39 is 17.4 Å². The highest BCUT2D eigenvalue weighted by atomic mass is 16.3. The third-order valence-corrected chi connectivity index (χ3v) is 6.84. The Hall–Kier alpha value is -3.19. The molecule has 3 heterocycles. The molecule has 0 radical (unpaired) electrons. The highest BCUT2D eigenvalue weighted by Gasteiger charge is 2.70. The van der Waals surface area contributed by atoms with E-state index in [0.717, 1.165) is 24.0 Å². The molecule has 2 saturated heterocycles. The van der Waals surface area contributed by atoms with Crippen LogP contribution in [-0.2, 0) is 26.3 Å². The molecule has 3 amide bonds. The van der Waals surface area contributed by atoms with E-state index in [1.807, 2.05) is 31.2 Å². The zero-order valence-corrected chi connectivity index (χ0v) is 17.3. The average molecular weight is 419 g/mol. The Kier molecular flexibility index (Phi) is 4.59. The molecule has 31 heavy (non-hydrogen) atoms. The summed E-state index contributed by atoms with van der Waals surface area (Å²) in [6.45, 7) is 2.40. The van der Waals surface area contributed by atoms with Crippen molar-refractivity contribution in [2.75, 3.05) is 11.9 Å². The minimum absolute atomic E-state index is 0.166. The van der Waals surface area contributed by atoms with Crippen LogP contribution in [0.25, 0.3) is 0 Å². The Balaban J connectivity index is 1.59. The fourth-order valence-electron chi connectivity index (χ4n) is 5.42. The highest BCUT2D eigenvalue weighted by molar-refractivity contribution is 6.15. The van der Waals surface area contributed by atoms with Crippen molar-refractivity contribution in [3.8, 4) is 5.75 Å². The lowest BCUT2D eigenvalue weighted by Crippen LogP contribution is -2.53. The Morgan fingerprint density at radius 1 is 1.03 bits per heavy atom. The van der Waals surface area contributed by atoms with Gasteiger partial charge in [-0.05, 0) is 36.6 Å². The van der Waals surface area contributed by atoms with Crippen LogP contribution in [0.5, 0.6) is 5.75 Å². The molecule has 0 unspecified atom stereocenters. The van der Waals surface area contributed by atoms with Crippen LogP contribution in [0.1, 0.15) is 30.9 Å². The van der Waals surface area contributed by atoms with Crippen LogP contribution in [0.2, 0.25) is 0 Å². The number of hydrogen-bond donors (Lipinski definition) is 3. The molecule has 0 aromatic heterocycles. The molecule has 2 aromatic carbocycles. The summed E-state index contributed by atoms with van der Waals surface area (Å²) in [5.74, 6) is -1.97. The largest absolute Gasteiger partial charge is 0.508 e. The molecule has 2 aromatic rings. The molecular weight excluding hydrogens is 394 g/mol. The van der Waals surface area contributed by atoms with Crippen LogP contribution in [0, 0.1) is 11.8 Å². The van der Waals surface area contributed by atoms with E-state index in [0.29, 0.717) is 18.7 Å². The lowest BCUT2D eigenvalue weighted by atomic mass is 9.76. The molecule has 3 aliphatic heterocycles. The first-order valence-corrected chi connectivity index (χ1v) is 10.8. The number of phenols is 1. The summed E-state index contributed by atoms with van der Waals surface area (Å²) in [6, 6.07) is 13.8. The topological polar surface area (TPSA) is 98.7 Å². The third kappa shape index (κ3) is 2.80. The number of nitrogens with one attached hydrogen (secondary N) is 2. The average Bonchev–Trinajstić information content (AvgIpc) is 3.33. The summed E-state index contributed by atoms with van der Waals surface area (Å²) in [5, 5.41) is 15.9. The summed E-state index contributed by atoms with van der Waals surface area (Å²) in [6.07, 6.45) is 2.08. The predicted molar refractivity (Wildman–Crippen MR) is 114 cm³/mol. The summed E-state index contributed by atoms with van der Waals surface area (Å²) in [7, 11) is 0. The van der Waals surface area contributed by atoms with Crippen molar-refractivity contribution in [3.63, 3.8) is 0 Å². The molecule has 7 heteroatoms. The van der Waals surface area contributed by atoms with Crippen molar-refractivity contribution in [2.24, 2.45) is 11.8 Å². The van der Waals surface area contributed by atoms with E-state index in [2.05, 4.69) is 10.6 Å². The molecule has 0 aliphatic carbocycles. The fourth-order valence-corrected chi connectivity index (χ4v) is 5.42. The number of aromatic hydroxyl groups is 1. The minimum atomic E-state index is -1.25. The van der Waals surface area contributed by atoms with E-state index in [4.69, 9.17) is 0 Å². The number of phenolic OH excluding ortho intramolecular Hbond substituents is 1. The molecular formula is C24H25N3O4. The zero-order chi connectivity index (χ0) is 21.8. The van der Waals surface area contributed by atoms with Crippen LogP contribution in [0.15, 0.2) is 48.5 Å². The molecule has 4 atom stereocenters. The van der Waals surface area contributed by atoms with Gasteiger partial charge in [-0.1, -0.05) is 43.7 Å². The van der Waals surface area contributed by atoms with Gasteiger partial charge in [0, 0.05) is 23.8 Å². The van der Waals surface area contributed by atoms with Crippen molar-refractivity contribution < 1.29 is 19.5 Å². The van der Waals surface area contributed by atoms with Gasteiger partial charge >= 0.3 is 0 Å². The lowest BCUT2D eigenvalue weighted by Gasteiger charge is -2.29. The summed E-state index contributed by atoms with van der Waals surface area (Å²) >= 11 is 0. The van der Waals surface area contributed by atoms with Gasteiger partial charge in [-0.3, -0.25) is 24.6 Å². The van der Waals surface area contributed by atoms with Crippen molar-refractivity contribution >= 4 is 23.4 Å². The lowest BCUT2D eigenvalue weighted by molar-refractivity contribution is -0.142. The van der Waals surface area contributed by atoms with Crippen molar-refractivity contribution in [2.45, 2.75) is 37.8 Å². The molecule has 3 aliphatic rings. The maximum Gasteiger partial charge on any atom is 0.250 e. The number of carbonyl (C=O) groups excluding carboxylic acids is 3. The number of nitrogens with zero attached hydrogens (tertiary/aromatic N) is 1. The minimum Gasteiger partial charge on any atom is -0.508 e. The summed E-state index contributed by atoms with van der Waals surface area (Å²) in [4.78, 5) is 41.6. The number of amides is 3. The molecule has 2 fully saturated rings. The smallest absolute Gasteiger partial charge is 0.250 e. The fraction of sp³-hybridized carbons (Fsp3) is 0.375. The van der Waals surface area contributed by atoms with E-state index in [1.165, 1.54) is 4.90 Å². The number of carbonyl (C=O) groups is 3. The Labute approximate surface area is 180 Å². The van der Waals surface area contributed by atoms with Crippen LogP contribution in [0.4, 0.5) is 5.69 Å². The van der Waals surface area contributed by atoms with Gasteiger partial charge in [0.05, 0.1) is 11.8 Å². The highest BCUT2D eigenvalue weighted by Crippen LogP contribution is 2.53. The molecule has 1 spiro atoms. The number of para-hydroxylation sites is 1. The van der Waals surface area contributed by atoms with Gasteiger partial charge in [0.25, 0.3) is 0 Å². The quantitative estimate of drug-likeness (QED) is 0.645. The number of anilines is 1. The number of unbranched alkanes of at least 4 members (excludes halogenated alkanes) is 1. The molecule has 160 valence electrons. The number of rotatable bonds is 5. The van der Waals surface area contributed by atoms with E-state index in [9.17, 15) is 19.5 Å². The zero-order valence-electron chi connectivity index (χ0n) is 17.3. The second-order valence-corrected chi connectivity index (χ2v) is 8.61. The first-order valence-electron chi connectivity index (χ1n) is 10.8. The molecule has 3 N–H and O–H groups in total. The maximum atomic E-state index is 13.5. The van der Waals surface area contributed by atoms with Gasteiger partial charge in [0.1, 0.15) is 11.3 Å². The van der Waals surface area contributed by atoms with Crippen LogP contribution >= 0.6 is 0 Å². The van der Waals surface area contributed by atoms with E-state index in [-0.39, 0.29) is 29.5 Å². The number of fused-ring (bicyclic) bond motifs is 4. The van der Waals surface area contributed by atoms with Crippen molar-refractivity contribution in [1.29, 1.82) is 0 Å². The Bertz CT molecular complexity index is 1070. The van der Waals surface area contributed by atoms with Crippen molar-refractivity contribution in [1.82, 2.24) is 10.2 Å². The molecule has 5 rings (SSSR count). The van der Waals surface area contributed by atoms with Crippen LogP contribution < -0.4 is 10.6 Å². The molecule has 7 nitrogen and oxygen atoms in total. The number of hydrogen-bond acceptors (Lipinski definition) is 5. The van der Waals surface area contributed by atoms with Crippen LogP contribution in [0.3, 0.4) is 0 Å². The summed E-state index contributed by atoms with van der Waals surface area (Å²) < 4.78 is 0. The molecule has 0 bridgehead atoms. The third-order valence-electron chi connectivity index (χ3n) is 6.84. The first-order chi connectivity index (χ1) is 15.0. The Morgan fingerprint density at radius 2 is 1.77 bits per heavy atom. The monoisotopic (exact) mass is 419 g/mol. The Morgan fingerprint density at radius 3 is 2.52 bits per heavy atom. The van der Waals surface area contributed by atoms with Gasteiger partial charge in [0.15, 0.2) is 0 Å². The van der Waals surface area contributed by atoms with Gasteiger partial charge in [-0.15, -0.1) is 0 Å². The van der Waals surface area contributed by atoms with E-state index in [1.54, 1.807) is 24.3 Å². The first kappa shape index (κ1) is 19.8. The standard InChI is InChI=1S/C24H25N3O4/c1-2-3-12-27-21(29)19-18(13-14-8-10-15(28)11-9-14)26-24(20(19)22(27)30)16-6-4-5-7-17(16)25-23(24)31/h4-11,18-20,26,28H,2-3,12-13H2,1H3,(H,25,31)/t18-,19-,20+,24+/m1/s1. The summed E-state index contributed by atoms with van der Waals surface area (Å²) in [5.41, 5.74) is 1.07. The second kappa shape index (κ2) is 7.20. The normalized spacial score (nSPS) is 28.9. The van der Waals surface area contributed by atoms with Gasteiger partial charge in [0.2, 0.25) is 17.7 Å². The van der Waals surface area contributed by atoms with E-state index >= 15 is 0 Å². The van der Waals surface area contributed by atoms with Gasteiger partial charge in [-0.2, -0.15) is 0 Å². The van der Waals surface area contributed by atoms with Gasteiger partial charge < -0.3 is 10.4 Å². The predicted octanol–water partition coefficient (Wildman–Crippen LogP) is 2.16. The second-order valence-electron chi connectivity index (χ2n) is 8.61. The van der Waals surface area contributed by atoms with Gasteiger partial charge in [-0.25, -0.2) is 0 Å². The van der Waals surface area contributed by atoms with Crippen LogP contribution in [-0.4, -0.2) is 40.3 Å². The number of imide groups is 1. The maximum absolute atomic E-state index is 13.5. The number of benzene rings is 2. The SMILES string of the molecule is CCCCN1C(=O)[C@H]2[C@@H](C1=O)[C@]1(N[C@@H]2Cc2ccc(O)cc2)C(=O)Nc2ccccc21.